The molecule has 7 rings (SSSR count). The number of allylic oxidation sites excluding steroid dienone is 5. The van der Waals surface area contributed by atoms with E-state index in [1.807, 2.05) is 13.8 Å². The van der Waals surface area contributed by atoms with Gasteiger partial charge in [0.05, 0.1) is 33.7 Å². The highest BCUT2D eigenvalue weighted by molar-refractivity contribution is 6.27. The van der Waals surface area contributed by atoms with Gasteiger partial charge < -0.3 is 10.4 Å². The molecule has 1 fully saturated rings. The van der Waals surface area contributed by atoms with Crippen LogP contribution in [0.4, 0.5) is 37.7 Å². The number of alkyl halides is 6. The molecule has 218 valence electrons. The number of hydrogen-bond acceptors (Lipinski definition) is 4. The molecule has 0 aromatic heterocycles. The maximum atomic E-state index is 13.8. The molecule has 2 atom stereocenters. The van der Waals surface area contributed by atoms with Crippen LogP contribution in [-0.4, -0.2) is 16.6 Å². The number of aliphatic hydroxyl groups is 1. The first-order valence-electron chi connectivity index (χ1n) is 13.9. The summed E-state index contributed by atoms with van der Waals surface area (Å²) in [6.07, 6.45) is -5.73. The van der Waals surface area contributed by atoms with Crippen molar-refractivity contribution < 1.29 is 36.2 Å². The highest BCUT2D eigenvalue weighted by Crippen LogP contribution is 2.56. The number of aliphatic hydroxyl groups excluding tert-OH is 1. The van der Waals surface area contributed by atoms with Gasteiger partial charge in [-0.2, -0.15) is 26.3 Å². The third kappa shape index (κ3) is 3.56. The van der Waals surface area contributed by atoms with Crippen LogP contribution < -0.4 is 5.32 Å². The maximum Gasteiger partial charge on any atom is 0.416 e. The summed E-state index contributed by atoms with van der Waals surface area (Å²) in [5.41, 5.74) is 1.38. The van der Waals surface area contributed by atoms with Crippen molar-refractivity contribution in [3.63, 3.8) is 0 Å². The maximum absolute atomic E-state index is 13.8. The zero-order valence-corrected chi connectivity index (χ0v) is 22.8. The lowest BCUT2D eigenvalue weighted by Crippen LogP contribution is -2.38. The van der Waals surface area contributed by atoms with E-state index in [0.717, 1.165) is 24.3 Å². The molecule has 3 aliphatic carbocycles. The minimum absolute atomic E-state index is 0.133. The van der Waals surface area contributed by atoms with Gasteiger partial charge in [-0.15, -0.1) is 0 Å². The molecule has 0 bridgehead atoms. The van der Waals surface area contributed by atoms with Crippen LogP contribution in [0.3, 0.4) is 0 Å². The van der Waals surface area contributed by atoms with E-state index in [2.05, 4.69) is 10.3 Å². The van der Waals surface area contributed by atoms with Gasteiger partial charge in [-0.1, -0.05) is 0 Å². The summed E-state index contributed by atoms with van der Waals surface area (Å²) in [6, 6.07) is 7.07. The predicted octanol–water partition coefficient (Wildman–Crippen LogP) is 8.76. The van der Waals surface area contributed by atoms with Gasteiger partial charge >= 0.3 is 12.4 Å². The Balaban J connectivity index is 1.31. The first kappa shape index (κ1) is 27.0. The molecule has 2 aliphatic heterocycles. The topological polar surface area (TPSA) is 61.7 Å². The minimum atomic E-state index is -4.50. The number of benzene rings is 2. The number of carbonyl (C=O) groups excluding carboxylic acids is 1. The first-order valence-corrected chi connectivity index (χ1v) is 13.9. The van der Waals surface area contributed by atoms with Gasteiger partial charge in [0.1, 0.15) is 5.76 Å². The number of Topliss-reactive ketones (excluding diaryl/α,β-unsaturated/α-hetero) is 1. The van der Waals surface area contributed by atoms with Gasteiger partial charge in [-0.05, 0) is 111 Å². The number of rotatable bonds is 1. The van der Waals surface area contributed by atoms with E-state index < -0.39 is 34.3 Å². The fourth-order valence-electron chi connectivity index (χ4n) is 7.58. The summed E-state index contributed by atoms with van der Waals surface area (Å²) in [4.78, 5) is 18.5. The van der Waals surface area contributed by atoms with Gasteiger partial charge in [-0.25, -0.2) is 0 Å². The van der Waals surface area contributed by atoms with Crippen LogP contribution in [0.5, 0.6) is 0 Å². The zero-order valence-electron chi connectivity index (χ0n) is 22.8. The van der Waals surface area contributed by atoms with Gasteiger partial charge in [0.2, 0.25) is 5.78 Å². The molecule has 10 heteroatoms. The molecule has 0 saturated heterocycles. The SMILES string of the molecule is CC12CCC/C(=C3\C(=O)C(C4=C5Nc6ccc(C(F)(F)F)cc6C5(C)CCC4)=C3O)C1=Nc1ccc(C(F)(F)F)cc12. The van der Waals surface area contributed by atoms with Crippen LogP contribution in [0, 0.1) is 0 Å². The third-order valence-electron chi connectivity index (χ3n) is 9.75. The summed E-state index contributed by atoms with van der Waals surface area (Å²) >= 11 is 0. The summed E-state index contributed by atoms with van der Waals surface area (Å²) in [7, 11) is 0. The molecular formula is C32H26F6N2O2. The van der Waals surface area contributed by atoms with Gasteiger partial charge in [0, 0.05) is 22.2 Å². The molecule has 2 aromatic carbocycles. The monoisotopic (exact) mass is 584 g/mol. The van der Waals surface area contributed by atoms with E-state index in [9.17, 15) is 36.2 Å². The Kier molecular flexibility index (Phi) is 5.40. The molecule has 2 unspecified atom stereocenters. The van der Waals surface area contributed by atoms with Crippen molar-refractivity contribution in [3.05, 3.63) is 92.4 Å². The van der Waals surface area contributed by atoms with Crippen molar-refractivity contribution in [2.75, 3.05) is 5.32 Å². The third-order valence-corrected chi connectivity index (χ3v) is 9.75. The molecule has 5 aliphatic rings. The number of ketones is 1. The van der Waals surface area contributed by atoms with Gasteiger partial charge in [0.25, 0.3) is 0 Å². The van der Waals surface area contributed by atoms with E-state index in [-0.39, 0.29) is 22.7 Å². The second kappa shape index (κ2) is 8.39. The lowest BCUT2D eigenvalue weighted by atomic mass is 9.64. The number of anilines is 1. The van der Waals surface area contributed by atoms with Crippen LogP contribution in [0.25, 0.3) is 0 Å². The van der Waals surface area contributed by atoms with Gasteiger partial charge in [-0.3, -0.25) is 9.79 Å². The lowest BCUT2D eigenvalue weighted by molar-refractivity contribution is -0.138. The quantitative estimate of drug-likeness (QED) is 0.260. The number of fused-ring (bicyclic) bond motifs is 6. The Morgan fingerprint density at radius 1 is 0.810 bits per heavy atom. The summed E-state index contributed by atoms with van der Waals surface area (Å²) in [5.74, 6) is -0.559. The molecule has 0 radical (unpaired) electrons. The molecule has 4 nitrogen and oxygen atoms in total. The van der Waals surface area contributed by atoms with Crippen molar-refractivity contribution in [2.24, 2.45) is 4.99 Å². The minimum Gasteiger partial charge on any atom is -0.506 e. The van der Waals surface area contributed by atoms with Crippen LogP contribution in [0.1, 0.15) is 74.6 Å². The molecule has 2 aromatic rings. The van der Waals surface area contributed by atoms with E-state index in [1.54, 1.807) is 0 Å². The molecule has 42 heavy (non-hydrogen) atoms. The number of carbonyl (C=O) groups is 1. The highest BCUT2D eigenvalue weighted by atomic mass is 19.4. The Labute approximate surface area is 237 Å². The van der Waals surface area contributed by atoms with Crippen molar-refractivity contribution in [3.8, 4) is 0 Å². The second-order valence-corrected chi connectivity index (χ2v) is 12.2. The zero-order chi connectivity index (χ0) is 30.0. The molecular weight excluding hydrogens is 558 g/mol. The standard InChI is InChI=1S/C32H26F6N2O2/c1-29-11-3-5-17(27(29)39-21-9-7-15(13-19(21)29)31(33,34)35)23-25(41)24(26(23)42)18-6-4-12-30(2)20-14-16(32(36,37)38)8-10-22(20)40-28(18)30/h7-10,13-14,39,41H,3-6,11-12H2,1-2H3/b24-18+. The van der Waals surface area contributed by atoms with Crippen LogP contribution >= 0.6 is 0 Å². The summed E-state index contributed by atoms with van der Waals surface area (Å²) in [6.45, 7) is 3.68. The lowest BCUT2D eigenvalue weighted by Gasteiger charge is -2.38. The Bertz CT molecular complexity index is 1740. The average Bonchev–Trinajstić information content (AvgIpc) is 3.39. The number of hydrogen-bond donors (Lipinski definition) is 2. The molecule has 1 saturated carbocycles. The van der Waals surface area contributed by atoms with Gasteiger partial charge in [0.15, 0.2) is 0 Å². The Hall–Kier alpha value is -3.82. The molecule has 0 spiro atoms. The fraction of sp³-hybridized carbons (Fsp3) is 0.375. The van der Waals surface area contributed by atoms with E-state index in [4.69, 9.17) is 0 Å². The van der Waals surface area contributed by atoms with E-state index in [1.165, 1.54) is 12.1 Å². The van der Waals surface area contributed by atoms with Crippen LogP contribution in [-0.2, 0) is 28.0 Å². The highest BCUT2D eigenvalue weighted by Gasteiger charge is 2.51. The van der Waals surface area contributed by atoms with Crippen molar-refractivity contribution in [1.82, 2.24) is 0 Å². The Morgan fingerprint density at radius 2 is 1.40 bits per heavy atom. The van der Waals surface area contributed by atoms with Crippen molar-refractivity contribution in [1.29, 1.82) is 0 Å². The van der Waals surface area contributed by atoms with Crippen LogP contribution in [0.2, 0.25) is 0 Å². The Morgan fingerprint density at radius 3 is 2.05 bits per heavy atom. The smallest absolute Gasteiger partial charge is 0.416 e. The first-order chi connectivity index (χ1) is 19.6. The van der Waals surface area contributed by atoms with Crippen molar-refractivity contribution in [2.45, 2.75) is 75.6 Å². The van der Waals surface area contributed by atoms with E-state index in [0.29, 0.717) is 83.6 Å². The molecule has 2 N–H and O–H groups in total. The number of aliphatic imine (C=N–C) groups is 1. The fourth-order valence-corrected chi connectivity index (χ4v) is 7.58. The summed E-state index contributed by atoms with van der Waals surface area (Å²) < 4.78 is 80.9. The predicted molar refractivity (Wildman–Crippen MR) is 145 cm³/mol. The van der Waals surface area contributed by atoms with Crippen LogP contribution in [0.15, 0.2) is 75.1 Å². The molecule has 2 heterocycles. The number of nitrogens with zero attached hydrogens (tertiary/aromatic N) is 1. The average molecular weight is 585 g/mol. The molecule has 0 amide bonds. The second-order valence-electron chi connectivity index (χ2n) is 12.2. The van der Waals surface area contributed by atoms with E-state index >= 15 is 0 Å². The number of halogens is 6. The normalized spacial score (nSPS) is 28.6. The largest absolute Gasteiger partial charge is 0.506 e. The summed E-state index contributed by atoms with van der Waals surface area (Å²) in [5, 5.41) is 14.6. The number of nitrogens with one attached hydrogen (secondary N) is 1. The van der Waals surface area contributed by atoms with Crippen molar-refractivity contribution >= 4 is 22.9 Å².